The van der Waals surface area contributed by atoms with Gasteiger partial charge in [0.2, 0.25) is 0 Å². The molecule has 0 spiro atoms. The minimum atomic E-state index is 0.00115. The van der Waals surface area contributed by atoms with Crippen LogP contribution in [0.3, 0.4) is 0 Å². The van der Waals surface area contributed by atoms with Crippen molar-refractivity contribution < 1.29 is 4.74 Å². The molecule has 5 nitrogen and oxygen atoms in total. The van der Waals surface area contributed by atoms with E-state index in [1.165, 1.54) is 0 Å². The van der Waals surface area contributed by atoms with Crippen LogP contribution >= 0.6 is 11.6 Å². The minimum absolute atomic E-state index is 0.00115. The number of ether oxygens (including phenoxy) is 1. The largest absolute Gasteiger partial charge is 0.497 e. The van der Waals surface area contributed by atoms with E-state index >= 15 is 0 Å². The van der Waals surface area contributed by atoms with Crippen LogP contribution in [0.1, 0.15) is 23.6 Å². The summed E-state index contributed by atoms with van der Waals surface area (Å²) in [6.45, 7) is 0. The van der Waals surface area contributed by atoms with Crippen LogP contribution in [0.25, 0.3) is 11.3 Å². The van der Waals surface area contributed by atoms with Gasteiger partial charge in [-0.3, -0.25) is 0 Å². The van der Waals surface area contributed by atoms with Crippen molar-refractivity contribution in [1.29, 1.82) is 0 Å². The number of nitrogens with zero attached hydrogens (tertiary/aromatic N) is 4. The lowest BCUT2D eigenvalue weighted by Gasteiger charge is -2.22. The Kier molecular flexibility index (Phi) is 5.57. The number of hydrazone groups is 1. The van der Waals surface area contributed by atoms with Crippen molar-refractivity contribution in [3.05, 3.63) is 107 Å². The molecule has 1 unspecified atom stereocenters. The number of benzene rings is 3. The molecule has 1 aromatic heterocycles. The molecule has 4 aromatic rings. The summed E-state index contributed by atoms with van der Waals surface area (Å²) < 4.78 is 5.29. The van der Waals surface area contributed by atoms with Crippen LogP contribution in [-0.2, 0) is 0 Å². The summed E-state index contributed by atoms with van der Waals surface area (Å²) in [7, 11) is 1.66. The highest BCUT2D eigenvalue weighted by molar-refractivity contribution is 6.30. The lowest BCUT2D eigenvalue weighted by molar-refractivity contribution is 0.415. The maximum Gasteiger partial charge on any atom is 0.172 e. The lowest BCUT2D eigenvalue weighted by atomic mass is 9.98. The highest BCUT2D eigenvalue weighted by atomic mass is 35.5. The predicted octanol–water partition coefficient (Wildman–Crippen LogP) is 6.16. The molecule has 3 aromatic carbocycles. The molecule has 0 N–H and O–H groups in total. The number of halogens is 1. The number of hydrogen-bond donors (Lipinski definition) is 0. The van der Waals surface area contributed by atoms with E-state index in [-0.39, 0.29) is 6.04 Å². The van der Waals surface area contributed by atoms with Crippen molar-refractivity contribution in [3.8, 4) is 17.0 Å². The molecule has 0 fully saturated rings. The number of anilines is 1. The topological polar surface area (TPSA) is 50.6 Å². The standard InChI is InChI=1S/C26H21ClN4O/c1-32-22-13-9-19(10-14-22)24-17-25(20-7-11-21(27)12-8-20)31(30-24)26-16-15-23(28-29-26)18-5-3-2-4-6-18/h2-16,25H,17H2,1H3. The van der Waals surface area contributed by atoms with Crippen molar-refractivity contribution in [2.45, 2.75) is 12.5 Å². The fourth-order valence-electron chi connectivity index (χ4n) is 3.83. The van der Waals surface area contributed by atoms with Crippen LogP contribution in [0.2, 0.25) is 5.02 Å². The van der Waals surface area contributed by atoms with Gasteiger partial charge in [0.25, 0.3) is 0 Å². The Bertz CT molecular complexity index is 1220. The second-order valence-electron chi connectivity index (χ2n) is 7.53. The zero-order valence-electron chi connectivity index (χ0n) is 17.5. The quantitative estimate of drug-likeness (QED) is 0.373. The first kappa shape index (κ1) is 20.2. The molecule has 0 bridgehead atoms. The maximum atomic E-state index is 6.12. The highest BCUT2D eigenvalue weighted by Gasteiger charge is 2.31. The average molecular weight is 441 g/mol. The van der Waals surface area contributed by atoms with E-state index in [1.54, 1.807) is 7.11 Å². The molecule has 5 rings (SSSR count). The second kappa shape index (κ2) is 8.81. The summed E-state index contributed by atoms with van der Waals surface area (Å²) >= 11 is 6.12. The Morgan fingerprint density at radius 3 is 2.22 bits per heavy atom. The van der Waals surface area contributed by atoms with Gasteiger partial charge in [-0.1, -0.05) is 54.1 Å². The lowest BCUT2D eigenvalue weighted by Crippen LogP contribution is -2.20. The fourth-order valence-corrected chi connectivity index (χ4v) is 3.96. The summed E-state index contributed by atoms with van der Waals surface area (Å²) in [4.78, 5) is 0. The molecule has 1 atom stereocenters. The minimum Gasteiger partial charge on any atom is -0.497 e. The molecule has 158 valence electrons. The van der Waals surface area contributed by atoms with Crippen LogP contribution in [0.5, 0.6) is 5.75 Å². The molecule has 1 aliphatic rings. The predicted molar refractivity (Wildman–Crippen MR) is 128 cm³/mol. The Morgan fingerprint density at radius 1 is 0.812 bits per heavy atom. The Balaban J connectivity index is 1.50. The van der Waals surface area contributed by atoms with Crippen LogP contribution < -0.4 is 9.75 Å². The maximum absolute atomic E-state index is 6.12. The summed E-state index contributed by atoms with van der Waals surface area (Å²) in [6.07, 6.45) is 0.746. The summed E-state index contributed by atoms with van der Waals surface area (Å²) in [5.41, 5.74) is 5.03. The Hall–Kier alpha value is -3.70. The van der Waals surface area contributed by atoms with Gasteiger partial charge in [0.1, 0.15) is 5.75 Å². The van der Waals surface area contributed by atoms with Gasteiger partial charge < -0.3 is 4.74 Å². The van der Waals surface area contributed by atoms with Gasteiger partial charge in [0.05, 0.1) is 24.6 Å². The first-order valence-electron chi connectivity index (χ1n) is 10.4. The molecule has 0 aliphatic carbocycles. The molecular weight excluding hydrogens is 420 g/mol. The molecule has 0 saturated heterocycles. The van der Waals surface area contributed by atoms with E-state index in [1.807, 2.05) is 96.0 Å². The third-order valence-electron chi connectivity index (χ3n) is 5.54. The van der Waals surface area contributed by atoms with E-state index in [0.29, 0.717) is 10.8 Å². The van der Waals surface area contributed by atoms with Gasteiger partial charge in [0.15, 0.2) is 5.82 Å². The third-order valence-corrected chi connectivity index (χ3v) is 5.80. The van der Waals surface area contributed by atoms with E-state index in [9.17, 15) is 0 Å². The first-order chi connectivity index (χ1) is 15.7. The average Bonchev–Trinajstić information content (AvgIpc) is 3.31. The van der Waals surface area contributed by atoms with E-state index < -0.39 is 0 Å². The van der Waals surface area contributed by atoms with Gasteiger partial charge in [-0.2, -0.15) is 5.10 Å². The summed E-state index contributed by atoms with van der Waals surface area (Å²) in [5.74, 6) is 1.52. The number of rotatable bonds is 5. The van der Waals surface area contributed by atoms with Crippen LogP contribution in [0, 0.1) is 0 Å². The monoisotopic (exact) mass is 440 g/mol. The van der Waals surface area contributed by atoms with Gasteiger partial charge >= 0.3 is 0 Å². The molecule has 0 saturated carbocycles. The normalized spacial score (nSPS) is 15.5. The van der Waals surface area contributed by atoms with Crippen molar-refractivity contribution in [2.24, 2.45) is 5.10 Å². The van der Waals surface area contributed by atoms with E-state index in [0.717, 1.165) is 40.3 Å². The van der Waals surface area contributed by atoms with Crippen molar-refractivity contribution in [3.63, 3.8) is 0 Å². The molecule has 2 heterocycles. The Labute approximate surface area is 192 Å². The van der Waals surface area contributed by atoms with E-state index in [4.69, 9.17) is 21.4 Å². The summed E-state index contributed by atoms with van der Waals surface area (Å²) in [5, 5.41) is 16.6. The number of methoxy groups -OCH3 is 1. The van der Waals surface area contributed by atoms with Gasteiger partial charge in [-0.05, 0) is 59.7 Å². The first-order valence-corrected chi connectivity index (χ1v) is 10.7. The molecule has 0 radical (unpaired) electrons. The molecule has 32 heavy (non-hydrogen) atoms. The van der Waals surface area contributed by atoms with Gasteiger partial charge in [0, 0.05) is 17.0 Å². The van der Waals surface area contributed by atoms with Gasteiger partial charge in [-0.25, -0.2) is 5.01 Å². The SMILES string of the molecule is COc1ccc(C2=NN(c3ccc(-c4ccccc4)nn3)C(c3ccc(Cl)cc3)C2)cc1. The molecule has 6 heteroatoms. The summed E-state index contributed by atoms with van der Waals surface area (Å²) in [6, 6.07) is 29.8. The zero-order valence-corrected chi connectivity index (χ0v) is 18.3. The van der Waals surface area contributed by atoms with Crippen molar-refractivity contribution in [2.75, 3.05) is 12.1 Å². The Morgan fingerprint density at radius 2 is 1.56 bits per heavy atom. The van der Waals surface area contributed by atoms with Crippen LogP contribution in [-0.4, -0.2) is 23.0 Å². The molecule has 0 amide bonds. The van der Waals surface area contributed by atoms with Crippen LogP contribution in [0.15, 0.2) is 96.1 Å². The van der Waals surface area contributed by atoms with Crippen molar-refractivity contribution in [1.82, 2.24) is 10.2 Å². The molecule has 1 aliphatic heterocycles. The third kappa shape index (κ3) is 4.07. The van der Waals surface area contributed by atoms with E-state index in [2.05, 4.69) is 10.2 Å². The number of hydrogen-bond acceptors (Lipinski definition) is 5. The highest BCUT2D eigenvalue weighted by Crippen LogP contribution is 2.36. The second-order valence-corrected chi connectivity index (χ2v) is 7.97. The van der Waals surface area contributed by atoms with Gasteiger partial charge in [-0.15, -0.1) is 10.2 Å². The smallest absolute Gasteiger partial charge is 0.172 e. The fraction of sp³-hybridized carbons (Fsp3) is 0.115. The number of aromatic nitrogens is 2. The molecular formula is C26H21ClN4O. The zero-order chi connectivity index (χ0) is 21.9. The van der Waals surface area contributed by atoms with Crippen molar-refractivity contribution >= 4 is 23.1 Å². The van der Waals surface area contributed by atoms with Crippen LogP contribution in [0.4, 0.5) is 5.82 Å².